The van der Waals surface area contributed by atoms with E-state index in [4.69, 9.17) is 4.74 Å². The standard InChI is InChI=1S/C20H20F2N2O.ClH/c1-12-13(2)24(10-14-3-4-14)20-16(12)7-8-23-18(20)11-25-19-6-5-15(21)9-17(19)22;/h5-9,14H,3-4,10-11H2,1-2H3;1H. The lowest BCUT2D eigenvalue weighted by atomic mass is 10.2. The Hall–Kier alpha value is -2.14. The van der Waals surface area contributed by atoms with E-state index in [-0.39, 0.29) is 24.8 Å². The van der Waals surface area contributed by atoms with E-state index in [1.54, 1.807) is 6.20 Å². The molecule has 0 aliphatic heterocycles. The Morgan fingerprint density at radius 3 is 2.65 bits per heavy atom. The zero-order valence-corrected chi connectivity index (χ0v) is 15.6. The maximum atomic E-state index is 13.8. The fourth-order valence-corrected chi connectivity index (χ4v) is 3.30. The summed E-state index contributed by atoms with van der Waals surface area (Å²) >= 11 is 0. The number of hydrogen-bond donors (Lipinski definition) is 0. The Labute approximate surface area is 157 Å². The van der Waals surface area contributed by atoms with E-state index in [9.17, 15) is 8.78 Å². The zero-order valence-electron chi connectivity index (χ0n) is 14.8. The van der Waals surface area contributed by atoms with Crippen LogP contribution >= 0.6 is 12.4 Å². The van der Waals surface area contributed by atoms with Crippen LogP contribution in [0, 0.1) is 31.4 Å². The van der Waals surface area contributed by atoms with Gasteiger partial charge in [0.2, 0.25) is 0 Å². The van der Waals surface area contributed by atoms with E-state index in [1.807, 2.05) is 6.07 Å². The largest absolute Gasteiger partial charge is 0.484 e. The monoisotopic (exact) mass is 378 g/mol. The van der Waals surface area contributed by atoms with Crippen molar-refractivity contribution in [2.45, 2.75) is 39.8 Å². The number of halogens is 3. The lowest BCUT2D eigenvalue weighted by molar-refractivity contribution is 0.286. The third-order valence-corrected chi connectivity index (χ3v) is 5.02. The molecule has 3 aromatic rings. The minimum Gasteiger partial charge on any atom is -0.484 e. The first-order valence-corrected chi connectivity index (χ1v) is 8.55. The van der Waals surface area contributed by atoms with Crippen LogP contribution < -0.4 is 4.74 Å². The topological polar surface area (TPSA) is 27.1 Å². The lowest BCUT2D eigenvalue weighted by Crippen LogP contribution is -2.07. The third-order valence-electron chi connectivity index (χ3n) is 5.02. The molecular formula is C20H21ClF2N2O. The molecule has 138 valence electrons. The summed E-state index contributed by atoms with van der Waals surface area (Å²) in [6.07, 6.45) is 4.30. The van der Waals surface area contributed by atoms with Crippen LogP contribution in [0.25, 0.3) is 10.9 Å². The molecule has 0 bridgehead atoms. The Balaban J connectivity index is 0.00000196. The highest BCUT2D eigenvalue weighted by Gasteiger charge is 2.25. The predicted octanol–water partition coefficient (Wildman–Crippen LogP) is 5.34. The van der Waals surface area contributed by atoms with Gasteiger partial charge in [-0.3, -0.25) is 4.98 Å². The van der Waals surface area contributed by atoms with Crippen molar-refractivity contribution < 1.29 is 13.5 Å². The second kappa shape index (κ2) is 7.23. The quantitative estimate of drug-likeness (QED) is 0.599. The van der Waals surface area contributed by atoms with Gasteiger partial charge in [0, 0.05) is 29.9 Å². The highest BCUT2D eigenvalue weighted by molar-refractivity contribution is 5.87. The van der Waals surface area contributed by atoms with Crippen molar-refractivity contribution in [2.24, 2.45) is 5.92 Å². The molecule has 0 N–H and O–H groups in total. The van der Waals surface area contributed by atoms with Crippen LogP contribution in [-0.2, 0) is 13.2 Å². The summed E-state index contributed by atoms with van der Waals surface area (Å²) < 4.78 is 34.7. The van der Waals surface area contributed by atoms with Crippen LogP contribution in [0.2, 0.25) is 0 Å². The number of rotatable bonds is 5. The second-order valence-electron chi connectivity index (χ2n) is 6.78. The molecule has 1 aliphatic rings. The summed E-state index contributed by atoms with van der Waals surface area (Å²) in [5.74, 6) is -0.548. The van der Waals surface area contributed by atoms with Crippen molar-refractivity contribution in [1.82, 2.24) is 9.55 Å². The fraction of sp³-hybridized carbons (Fsp3) is 0.350. The van der Waals surface area contributed by atoms with Crippen molar-refractivity contribution in [3.05, 3.63) is 59.0 Å². The molecule has 1 aromatic carbocycles. The van der Waals surface area contributed by atoms with E-state index in [2.05, 4.69) is 23.4 Å². The van der Waals surface area contributed by atoms with E-state index < -0.39 is 11.6 Å². The smallest absolute Gasteiger partial charge is 0.167 e. The summed E-state index contributed by atoms with van der Waals surface area (Å²) in [6.45, 7) is 5.38. The summed E-state index contributed by atoms with van der Waals surface area (Å²) in [4.78, 5) is 4.47. The van der Waals surface area contributed by atoms with Gasteiger partial charge in [-0.25, -0.2) is 8.78 Å². The van der Waals surface area contributed by atoms with Gasteiger partial charge in [-0.2, -0.15) is 0 Å². The van der Waals surface area contributed by atoms with Crippen LogP contribution in [-0.4, -0.2) is 9.55 Å². The van der Waals surface area contributed by atoms with E-state index in [1.165, 1.54) is 36.2 Å². The van der Waals surface area contributed by atoms with Crippen molar-refractivity contribution in [1.29, 1.82) is 0 Å². The van der Waals surface area contributed by atoms with Gasteiger partial charge in [-0.15, -0.1) is 12.4 Å². The molecule has 0 amide bonds. The Bertz CT molecular complexity index is 951. The number of fused-ring (bicyclic) bond motifs is 1. The maximum Gasteiger partial charge on any atom is 0.167 e. The molecule has 0 spiro atoms. The molecular weight excluding hydrogens is 358 g/mol. The number of pyridine rings is 1. The molecule has 0 radical (unpaired) electrons. The first-order valence-electron chi connectivity index (χ1n) is 8.55. The average molecular weight is 379 g/mol. The molecule has 0 unspecified atom stereocenters. The third kappa shape index (κ3) is 3.40. The molecule has 3 nitrogen and oxygen atoms in total. The Morgan fingerprint density at radius 2 is 1.96 bits per heavy atom. The predicted molar refractivity (Wildman–Crippen MR) is 99.9 cm³/mol. The Kier molecular flexibility index (Phi) is 5.19. The molecule has 6 heteroatoms. The SMILES string of the molecule is Cc1c(C)n(CC2CC2)c2c(COc3ccc(F)cc3F)nccc12.Cl. The van der Waals surface area contributed by atoms with Gasteiger partial charge in [0.1, 0.15) is 18.1 Å². The molecule has 0 saturated heterocycles. The molecule has 2 aromatic heterocycles. The fourth-order valence-electron chi connectivity index (χ4n) is 3.30. The molecule has 4 rings (SSSR count). The van der Waals surface area contributed by atoms with Crippen LogP contribution in [0.3, 0.4) is 0 Å². The normalized spacial score (nSPS) is 13.7. The van der Waals surface area contributed by atoms with E-state index in [0.717, 1.165) is 35.1 Å². The minimum atomic E-state index is -0.701. The average Bonchev–Trinajstić information content (AvgIpc) is 3.38. The second-order valence-corrected chi connectivity index (χ2v) is 6.78. The van der Waals surface area contributed by atoms with Crippen LogP contribution in [0.5, 0.6) is 5.75 Å². The van der Waals surface area contributed by atoms with Gasteiger partial charge < -0.3 is 9.30 Å². The Morgan fingerprint density at radius 1 is 1.19 bits per heavy atom. The van der Waals surface area contributed by atoms with Crippen molar-refractivity contribution in [3.8, 4) is 5.75 Å². The number of aryl methyl sites for hydroxylation is 1. The molecule has 1 saturated carbocycles. The molecule has 2 heterocycles. The van der Waals surface area contributed by atoms with Crippen molar-refractivity contribution in [3.63, 3.8) is 0 Å². The van der Waals surface area contributed by atoms with Gasteiger partial charge >= 0.3 is 0 Å². The molecule has 1 fully saturated rings. The summed E-state index contributed by atoms with van der Waals surface area (Å²) in [7, 11) is 0. The van der Waals surface area contributed by atoms with Crippen molar-refractivity contribution >= 4 is 23.3 Å². The van der Waals surface area contributed by atoms with Gasteiger partial charge in [0.05, 0.1) is 5.52 Å². The molecule has 1 aliphatic carbocycles. The van der Waals surface area contributed by atoms with Crippen LogP contribution in [0.15, 0.2) is 30.5 Å². The first kappa shape index (κ1) is 18.6. The zero-order chi connectivity index (χ0) is 17.6. The lowest BCUT2D eigenvalue weighted by Gasteiger charge is -2.12. The summed E-state index contributed by atoms with van der Waals surface area (Å²) in [5, 5.41) is 1.16. The van der Waals surface area contributed by atoms with E-state index in [0.29, 0.717) is 0 Å². The summed E-state index contributed by atoms with van der Waals surface area (Å²) in [6, 6.07) is 5.34. The number of benzene rings is 1. The van der Waals surface area contributed by atoms with Crippen molar-refractivity contribution in [2.75, 3.05) is 0 Å². The number of aromatic nitrogens is 2. The van der Waals surface area contributed by atoms with Gasteiger partial charge in [0.25, 0.3) is 0 Å². The van der Waals surface area contributed by atoms with E-state index >= 15 is 0 Å². The van der Waals surface area contributed by atoms with Crippen LogP contribution in [0.4, 0.5) is 8.78 Å². The van der Waals surface area contributed by atoms with Gasteiger partial charge in [-0.05, 0) is 56.4 Å². The molecule has 0 atom stereocenters. The number of hydrogen-bond acceptors (Lipinski definition) is 2. The number of ether oxygens (including phenoxy) is 1. The van der Waals surface area contributed by atoms with Crippen LogP contribution in [0.1, 0.15) is 29.8 Å². The minimum absolute atomic E-state index is 0. The summed E-state index contributed by atoms with van der Waals surface area (Å²) in [5.41, 5.74) is 4.32. The first-order chi connectivity index (χ1) is 12.0. The molecule has 26 heavy (non-hydrogen) atoms. The maximum absolute atomic E-state index is 13.8. The highest BCUT2D eigenvalue weighted by atomic mass is 35.5. The highest BCUT2D eigenvalue weighted by Crippen LogP contribution is 2.35. The van der Waals surface area contributed by atoms with Gasteiger partial charge in [0.15, 0.2) is 11.6 Å². The van der Waals surface area contributed by atoms with Gasteiger partial charge in [-0.1, -0.05) is 0 Å². The number of nitrogens with zero attached hydrogens (tertiary/aromatic N) is 2.